The van der Waals surface area contributed by atoms with Crippen molar-refractivity contribution in [2.75, 3.05) is 11.5 Å². The Balaban J connectivity index is 2.29. The number of halogens is 1. The molecule has 0 amide bonds. The molecule has 0 atom stereocenters. The van der Waals surface area contributed by atoms with Crippen molar-refractivity contribution in [1.82, 2.24) is 0 Å². The molecule has 76 valence electrons. The molecule has 0 aromatic rings. The summed E-state index contributed by atoms with van der Waals surface area (Å²) >= 11 is 7.76. The molecule has 0 aliphatic carbocycles. The lowest BCUT2D eigenvalue weighted by atomic mass is 10.2. The third-order valence-corrected chi connectivity index (χ3v) is 6.00. The average Bonchev–Trinajstić information content (AvgIpc) is 2.19. The van der Waals surface area contributed by atoms with Crippen LogP contribution in [0.25, 0.3) is 0 Å². The van der Waals surface area contributed by atoms with Crippen LogP contribution in [-0.2, 0) is 0 Å². The lowest BCUT2D eigenvalue weighted by Crippen LogP contribution is -1.93. The SMILES string of the molecule is CCCCCC(Br)=C1SCCCS1. The zero-order valence-corrected chi connectivity index (χ0v) is 11.4. The number of hydrogen-bond acceptors (Lipinski definition) is 2. The first-order chi connectivity index (χ1) is 6.34. The summed E-state index contributed by atoms with van der Waals surface area (Å²) in [6, 6.07) is 0. The first-order valence-corrected chi connectivity index (χ1v) is 7.75. The summed E-state index contributed by atoms with van der Waals surface area (Å²) < 4.78 is 3.00. The summed E-state index contributed by atoms with van der Waals surface area (Å²) in [5.74, 6) is 2.62. The van der Waals surface area contributed by atoms with E-state index in [1.165, 1.54) is 48.1 Å². The van der Waals surface area contributed by atoms with Gasteiger partial charge in [0, 0.05) is 4.48 Å². The van der Waals surface area contributed by atoms with E-state index in [2.05, 4.69) is 22.9 Å². The molecule has 1 saturated heterocycles. The Morgan fingerprint density at radius 1 is 1.31 bits per heavy atom. The maximum absolute atomic E-state index is 3.71. The van der Waals surface area contributed by atoms with Crippen molar-refractivity contribution in [2.45, 2.75) is 39.0 Å². The summed E-state index contributed by atoms with van der Waals surface area (Å²) in [4.78, 5) is 0. The molecule has 0 radical (unpaired) electrons. The molecule has 0 aromatic carbocycles. The standard InChI is InChI=1S/C10H17BrS2/c1-2-3-4-6-9(11)10-12-7-5-8-13-10/h2-8H2,1H3. The second-order valence-corrected chi connectivity index (χ2v) is 6.63. The Kier molecular flexibility index (Phi) is 6.68. The van der Waals surface area contributed by atoms with Crippen LogP contribution in [0.2, 0.25) is 0 Å². The number of allylic oxidation sites excluding steroid dienone is 1. The molecule has 0 aromatic heterocycles. The van der Waals surface area contributed by atoms with E-state index in [-0.39, 0.29) is 0 Å². The van der Waals surface area contributed by atoms with Gasteiger partial charge in [0.25, 0.3) is 0 Å². The fourth-order valence-corrected chi connectivity index (χ4v) is 4.67. The van der Waals surface area contributed by atoms with Crippen molar-refractivity contribution in [3.63, 3.8) is 0 Å². The Bertz CT molecular complexity index is 170. The van der Waals surface area contributed by atoms with Crippen LogP contribution < -0.4 is 0 Å². The van der Waals surface area contributed by atoms with E-state index >= 15 is 0 Å². The van der Waals surface area contributed by atoms with Gasteiger partial charge in [-0.1, -0.05) is 35.7 Å². The summed E-state index contributed by atoms with van der Waals surface area (Å²) in [6.07, 6.45) is 6.62. The minimum absolute atomic E-state index is 1.24. The van der Waals surface area contributed by atoms with Crippen molar-refractivity contribution in [3.05, 3.63) is 8.72 Å². The molecule has 13 heavy (non-hydrogen) atoms. The van der Waals surface area contributed by atoms with Gasteiger partial charge in [0.2, 0.25) is 0 Å². The number of hydrogen-bond donors (Lipinski definition) is 0. The molecule has 1 aliphatic rings. The van der Waals surface area contributed by atoms with Gasteiger partial charge in [0.1, 0.15) is 0 Å². The van der Waals surface area contributed by atoms with E-state index in [0.717, 1.165) is 0 Å². The van der Waals surface area contributed by atoms with Gasteiger partial charge in [0.15, 0.2) is 0 Å². The van der Waals surface area contributed by atoms with Crippen LogP contribution >= 0.6 is 39.5 Å². The van der Waals surface area contributed by atoms with Crippen molar-refractivity contribution in [3.8, 4) is 0 Å². The molecule has 3 heteroatoms. The first-order valence-electron chi connectivity index (χ1n) is 4.99. The van der Waals surface area contributed by atoms with E-state index in [1.807, 2.05) is 23.5 Å². The Labute approximate surface area is 98.4 Å². The van der Waals surface area contributed by atoms with Gasteiger partial charge in [-0.05, 0) is 30.8 Å². The zero-order valence-electron chi connectivity index (χ0n) is 8.14. The van der Waals surface area contributed by atoms with Crippen LogP contribution in [0.1, 0.15) is 39.0 Å². The molecule has 0 bridgehead atoms. The quantitative estimate of drug-likeness (QED) is 0.665. The highest BCUT2D eigenvalue weighted by molar-refractivity contribution is 9.12. The molecule has 1 heterocycles. The van der Waals surface area contributed by atoms with Gasteiger partial charge >= 0.3 is 0 Å². The number of unbranched alkanes of at least 4 members (excludes halogenated alkanes) is 2. The molecule has 0 saturated carbocycles. The summed E-state index contributed by atoms with van der Waals surface area (Å²) in [7, 11) is 0. The average molecular weight is 281 g/mol. The highest BCUT2D eigenvalue weighted by atomic mass is 79.9. The Morgan fingerprint density at radius 2 is 2.00 bits per heavy atom. The molecule has 0 unspecified atom stereocenters. The monoisotopic (exact) mass is 280 g/mol. The molecule has 1 rings (SSSR count). The summed E-state index contributed by atoms with van der Waals surface area (Å²) in [5.41, 5.74) is 0. The second kappa shape index (κ2) is 7.24. The predicted molar refractivity (Wildman–Crippen MR) is 69.6 cm³/mol. The van der Waals surface area contributed by atoms with Gasteiger partial charge in [-0.15, -0.1) is 23.5 Å². The largest absolute Gasteiger partial charge is 0.118 e. The van der Waals surface area contributed by atoms with Crippen molar-refractivity contribution >= 4 is 39.5 Å². The minimum Gasteiger partial charge on any atom is -0.118 e. The van der Waals surface area contributed by atoms with E-state index in [0.29, 0.717) is 0 Å². The first kappa shape index (κ1) is 12.0. The van der Waals surface area contributed by atoms with Gasteiger partial charge in [-0.2, -0.15) is 0 Å². The van der Waals surface area contributed by atoms with Gasteiger partial charge in [-0.3, -0.25) is 0 Å². The maximum atomic E-state index is 3.71. The molecule has 1 aliphatic heterocycles. The Morgan fingerprint density at radius 3 is 2.62 bits per heavy atom. The fourth-order valence-electron chi connectivity index (χ4n) is 1.22. The van der Waals surface area contributed by atoms with Crippen LogP contribution in [0, 0.1) is 0 Å². The van der Waals surface area contributed by atoms with E-state index in [1.54, 1.807) is 4.24 Å². The van der Waals surface area contributed by atoms with Crippen LogP contribution in [-0.4, -0.2) is 11.5 Å². The lowest BCUT2D eigenvalue weighted by Gasteiger charge is -2.14. The van der Waals surface area contributed by atoms with E-state index < -0.39 is 0 Å². The summed E-state index contributed by atoms with van der Waals surface area (Å²) in [5, 5.41) is 0. The van der Waals surface area contributed by atoms with Crippen molar-refractivity contribution in [1.29, 1.82) is 0 Å². The van der Waals surface area contributed by atoms with Crippen molar-refractivity contribution in [2.24, 2.45) is 0 Å². The van der Waals surface area contributed by atoms with Crippen LogP contribution in [0.5, 0.6) is 0 Å². The van der Waals surface area contributed by atoms with E-state index in [9.17, 15) is 0 Å². The molecule has 0 nitrogen and oxygen atoms in total. The number of thioether (sulfide) groups is 2. The third kappa shape index (κ3) is 4.80. The van der Waals surface area contributed by atoms with Gasteiger partial charge < -0.3 is 0 Å². The fraction of sp³-hybridized carbons (Fsp3) is 0.800. The highest BCUT2D eigenvalue weighted by Crippen LogP contribution is 2.40. The smallest absolute Gasteiger partial charge is 0.0502 e. The number of rotatable bonds is 4. The van der Waals surface area contributed by atoms with Crippen LogP contribution in [0.15, 0.2) is 8.72 Å². The summed E-state index contributed by atoms with van der Waals surface area (Å²) in [6.45, 7) is 2.26. The Hall–Kier alpha value is 0.920. The van der Waals surface area contributed by atoms with Crippen LogP contribution in [0.4, 0.5) is 0 Å². The molecular weight excluding hydrogens is 264 g/mol. The van der Waals surface area contributed by atoms with Crippen molar-refractivity contribution < 1.29 is 0 Å². The predicted octanol–water partition coefficient (Wildman–Crippen LogP) is 5.00. The zero-order chi connectivity index (χ0) is 9.52. The molecule has 1 fully saturated rings. The maximum Gasteiger partial charge on any atom is 0.0502 e. The minimum atomic E-state index is 1.24. The van der Waals surface area contributed by atoms with Crippen LogP contribution in [0.3, 0.4) is 0 Å². The topological polar surface area (TPSA) is 0 Å². The normalized spacial score (nSPS) is 17.5. The highest BCUT2D eigenvalue weighted by Gasteiger charge is 2.10. The lowest BCUT2D eigenvalue weighted by molar-refractivity contribution is 0.726. The second-order valence-electron chi connectivity index (χ2n) is 3.20. The van der Waals surface area contributed by atoms with Gasteiger partial charge in [-0.25, -0.2) is 0 Å². The third-order valence-electron chi connectivity index (χ3n) is 1.98. The molecular formula is C10H17BrS2. The van der Waals surface area contributed by atoms with Gasteiger partial charge in [0.05, 0.1) is 4.24 Å². The molecule has 0 spiro atoms. The van der Waals surface area contributed by atoms with E-state index in [4.69, 9.17) is 0 Å². The molecule has 0 N–H and O–H groups in total.